The fourth-order valence-corrected chi connectivity index (χ4v) is 3.11. The van der Waals surface area contributed by atoms with Crippen LogP contribution in [0, 0.1) is 10.1 Å². The molecule has 1 aromatic heterocycles. The minimum absolute atomic E-state index is 0. The molecule has 29 heavy (non-hydrogen) atoms. The fraction of sp³-hybridized carbons (Fsp3) is 0.333. The summed E-state index contributed by atoms with van der Waals surface area (Å²) in [5, 5.41) is 11.3. The van der Waals surface area contributed by atoms with Gasteiger partial charge in [-0.3, -0.25) is 14.9 Å². The maximum absolute atomic E-state index is 12.8. The van der Waals surface area contributed by atoms with Gasteiger partial charge in [-0.1, -0.05) is 6.07 Å². The highest BCUT2D eigenvalue weighted by Gasteiger charge is 2.34. The largest absolute Gasteiger partial charge is 1.00 e. The summed E-state index contributed by atoms with van der Waals surface area (Å²) in [5.74, 6) is -0.0854. The lowest BCUT2D eigenvalue weighted by atomic mass is 10.1. The molecule has 2 heterocycles. The van der Waals surface area contributed by atoms with Crippen LogP contribution in [0.5, 0.6) is 0 Å². The van der Waals surface area contributed by atoms with E-state index in [2.05, 4.69) is 0 Å². The third-order valence-corrected chi connectivity index (χ3v) is 4.57. The minimum Gasteiger partial charge on any atom is -1.00 e. The average molecular weight is 431 g/mol. The Kier molecular flexibility index (Phi) is 7.02. The van der Waals surface area contributed by atoms with Gasteiger partial charge in [0.15, 0.2) is 12.4 Å². The highest BCUT2D eigenvalue weighted by molar-refractivity contribution is 5.75. The lowest BCUT2D eigenvalue weighted by Gasteiger charge is -2.35. The second-order valence-electron chi connectivity index (χ2n) is 6.37. The van der Waals surface area contributed by atoms with Crippen LogP contribution in [0.3, 0.4) is 0 Å². The molecule has 0 atom stereocenters. The van der Waals surface area contributed by atoms with E-state index in [0.29, 0.717) is 32.2 Å². The Labute approximate surface area is 170 Å². The maximum atomic E-state index is 12.8. The van der Waals surface area contributed by atoms with Crippen molar-refractivity contribution in [2.24, 2.45) is 0 Å². The SMILES string of the molecule is O=C(C[n+]1ccccc1)N1CCN(c2ccc(C(F)(F)F)cc2[N+](=O)[O-])CC1.[Cl-]. The number of rotatable bonds is 4. The van der Waals surface area contributed by atoms with Crippen molar-refractivity contribution in [1.29, 1.82) is 0 Å². The molecule has 1 fully saturated rings. The van der Waals surface area contributed by atoms with Gasteiger partial charge in [0.05, 0.1) is 10.5 Å². The molecule has 1 aromatic carbocycles. The number of amides is 1. The predicted octanol–water partition coefficient (Wildman–Crippen LogP) is -0.746. The average Bonchev–Trinajstić information content (AvgIpc) is 2.67. The van der Waals surface area contributed by atoms with Crippen LogP contribution >= 0.6 is 0 Å². The van der Waals surface area contributed by atoms with Crippen molar-refractivity contribution in [2.75, 3.05) is 31.1 Å². The van der Waals surface area contributed by atoms with Crippen molar-refractivity contribution in [3.05, 3.63) is 64.5 Å². The number of pyridine rings is 1. The van der Waals surface area contributed by atoms with Gasteiger partial charge in [0.25, 0.3) is 11.6 Å². The Morgan fingerprint density at radius 2 is 1.72 bits per heavy atom. The van der Waals surface area contributed by atoms with Gasteiger partial charge < -0.3 is 22.2 Å². The first-order chi connectivity index (χ1) is 13.3. The van der Waals surface area contributed by atoms with Crippen molar-refractivity contribution < 1.29 is 39.9 Å². The summed E-state index contributed by atoms with van der Waals surface area (Å²) in [6.45, 7) is 1.46. The van der Waals surface area contributed by atoms with E-state index < -0.39 is 22.4 Å². The summed E-state index contributed by atoms with van der Waals surface area (Å²) in [7, 11) is 0. The molecule has 1 aliphatic rings. The number of benzene rings is 1. The number of alkyl halides is 3. The lowest BCUT2D eigenvalue weighted by Crippen LogP contribution is -3.00. The normalized spacial score (nSPS) is 14.3. The minimum atomic E-state index is -4.65. The Hall–Kier alpha value is -2.88. The molecule has 0 N–H and O–H groups in total. The Morgan fingerprint density at radius 1 is 1.10 bits per heavy atom. The molecule has 0 saturated carbocycles. The second-order valence-corrected chi connectivity index (χ2v) is 6.37. The molecule has 7 nitrogen and oxygen atoms in total. The lowest BCUT2D eigenvalue weighted by molar-refractivity contribution is -0.685. The van der Waals surface area contributed by atoms with Crippen LogP contribution in [-0.2, 0) is 17.5 Å². The molecule has 1 amide bonds. The Bertz CT molecular complexity index is 872. The number of aromatic nitrogens is 1. The molecule has 11 heteroatoms. The summed E-state index contributed by atoms with van der Waals surface area (Å²) in [6.07, 6.45) is -1.09. The fourth-order valence-electron chi connectivity index (χ4n) is 3.11. The van der Waals surface area contributed by atoms with E-state index in [4.69, 9.17) is 0 Å². The van der Waals surface area contributed by atoms with Crippen LogP contribution in [0.15, 0.2) is 48.8 Å². The summed E-state index contributed by atoms with van der Waals surface area (Å²) in [5.41, 5.74) is -1.52. The second kappa shape index (κ2) is 9.08. The van der Waals surface area contributed by atoms with E-state index in [1.165, 1.54) is 0 Å². The zero-order valence-corrected chi connectivity index (χ0v) is 15.9. The summed E-state index contributed by atoms with van der Waals surface area (Å²) < 4.78 is 40.3. The van der Waals surface area contributed by atoms with E-state index in [1.54, 1.807) is 26.8 Å². The Balaban J connectivity index is 0.00000300. The molecule has 0 aliphatic carbocycles. The zero-order valence-electron chi connectivity index (χ0n) is 15.2. The predicted molar refractivity (Wildman–Crippen MR) is 93.5 cm³/mol. The number of halogens is 4. The summed E-state index contributed by atoms with van der Waals surface area (Å²) in [4.78, 5) is 26.1. The Morgan fingerprint density at radius 3 is 2.28 bits per heavy atom. The number of nitro benzene ring substituents is 1. The molecule has 1 aliphatic heterocycles. The van der Waals surface area contributed by atoms with Crippen LogP contribution in [0.25, 0.3) is 0 Å². The number of anilines is 1. The van der Waals surface area contributed by atoms with Crippen LogP contribution in [0.2, 0.25) is 0 Å². The molecule has 0 radical (unpaired) electrons. The smallest absolute Gasteiger partial charge is 0.416 e. The molecular weight excluding hydrogens is 413 g/mol. The quantitative estimate of drug-likeness (QED) is 0.364. The van der Waals surface area contributed by atoms with E-state index in [1.807, 2.05) is 18.2 Å². The molecule has 0 unspecified atom stereocenters. The first-order valence-electron chi connectivity index (χ1n) is 8.58. The van der Waals surface area contributed by atoms with Crippen LogP contribution < -0.4 is 21.9 Å². The standard InChI is InChI=1S/C18H18F3N4O3.ClH/c19-18(20,21)14-4-5-15(16(12-14)25(27)28)23-8-10-24(11-9-23)17(26)13-22-6-2-1-3-7-22;/h1-7,12H,8-11,13H2;1H/q+1;/p-1. The van der Waals surface area contributed by atoms with Gasteiger partial charge in [0, 0.05) is 44.4 Å². The monoisotopic (exact) mass is 430 g/mol. The van der Waals surface area contributed by atoms with Crippen molar-refractivity contribution in [3.63, 3.8) is 0 Å². The molecule has 156 valence electrons. The van der Waals surface area contributed by atoms with Crippen LogP contribution in [0.1, 0.15) is 5.56 Å². The van der Waals surface area contributed by atoms with Crippen LogP contribution in [0.4, 0.5) is 24.5 Å². The molecular formula is C18H18ClF3N4O3. The highest BCUT2D eigenvalue weighted by atomic mass is 35.5. The van der Waals surface area contributed by atoms with Crippen molar-refractivity contribution in [2.45, 2.75) is 12.7 Å². The van der Waals surface area contributed by atoms with Gasteiger partial charge in [0.1, 0.15) is 5.69 Å². The number of carbonyl (C=O) groups is 1. The van der Waals surface area contributed by atoms with Gasteiger partial charge >= 0.3 is 6.18 Å². The molecule has 0 bridgehead atoms. The third kappa shape index (κ3) is 5.35. The number of nitro groups is 1. The van der Waals surface area contributed by atoms with E-state index in [-0.39, 0.29) is 30.5 Å². The van der Waals surface area contributed by atoms with E-state index >= 15 is 0 Å². The van der Waals surface area contributed by atoms with Gasteiger partial charge in [-0.15, -0.1) is 0 Å². The first-order valence-corrected chi connectivity index (χ1v) is 8.58. The number of piperazine rings is 1. The number of carbonyl (C=O) groups excluding carboxylic acids is 1. The first kappa shape index (κ1) is 22.4. The summed E-state index contributed by atoms with van der Waals surface area (Å²) in [6, 6.07) is 7.99. The van der Waals surface area contributed by atoms with Crippen molar-refractivity contribution >= 4 is 17.3 Å². The van der Waals surface area contributed by atoms with Crippen LogP contribution in [-0.4, -0.2) is 41.9 Å². The van der Waals surface area contributed by atoms with Gasteiger partial charge in [-0.25, -0.2) is 0 Å². The van der Waals surface area contributed by atoms with Crippen molar-refractivity contribution in [1.82, 2.24) is 4.90 Å². The maximum Gasteiger partial charge on any atom is 0.416 e. The molecule has 3 rings (SSSR count). The topological polar surface area (TPSA) is 70.6 Å². The number of hydrogen-bond donors (Lipinski definition) is 0. The van der Waals surface area contributed by atoms with E-state index in [9.17, 15) is 28.1 Å². The van der Waals surface area contributed by atoms with E-state index in [0.717, 1.165) is 12.1 Å². The number of hydrogen-bond acceptors (Lipinski definition) is 4. The third-order valence-electron chi connectivity index (χ3n) is 4.57. The molecule has 1 saturated heterocycles. The molecule has 2 aromatic rings. The number of nitrogens with zero attached hydrogens (tertiary/aromatic N) is 4. The molecule has 0 spiro atoms. The van der Waals surface area contributed by atoms with Gasteiger partial charge in [-0.2, -0.15) is 17.7 Å². The highest BCUT2D eigenvalue weighted by Crippen LogP contribution is 2.36. The van der Waals surface area contributed by atoms with Gasteiger partial charge in [-0.05, 0) is 12.1 Å². The summed E-state index contributed by atoms with van der Waals surface area (Å²) >= 11 is 0. The van der Waals surface area contributed by atoms with Crippen molar-refractivity contribution in [3.8, 4) is 0 Å². The van der Waals surface area contributed by atoms with Gasteiger partial charge in [0.2, 0.25) is 6.54 Å². The zero-order chi connectivity index (χ0) is 20.3.